The maximum atomic E-state index is 12.4. The Kier molecular flexibility index (Phi) is 6.30. The summed E-state index contributed by atoms with van der Waals surface area (Å²) in [6.45, 7) is 4.64. The molecule has 2 aromatic carbocycles. The van der Waals surface area contributed by atoms with Crippen LogP contribution in [0.2, 0.25) is 5.02 Å². The third kappa shape index (κ3) is 4.62. The zero-order valence-electron chi connectivity index (χ0n) is 12.9. The lowest BCUT2D eigenvalue weighted by Crippen LogP contribution is -2.12. The number of benzene rings is 2. The lowest BCUT2D eigenvalue weighted by molar-refractivity contribution is 0.102. The van der Waals surface area contributed by atoms with E-state index in [9.17, 15) is 4.79 Å². The van der Waals surface area contributed by atoms with Crippen molar-refractivity contribution in [3.05, 3.63) is 51.5 Å². The Labute approximate surface area is 148 Å². The predicted octanol–water partition coefficient (Wildman–Crippen LogP) is 5.15. The van der Waals surface area contributed by atoms with E-state index >= 15 is 0 Å². The van der Waals surface area contributed by atoms with Gasteiger partial charge in [-0.3, -0.25) is 4.79 Å². The van der Waals surface area contributed by atoms with E-state index in [4.69, 9.17) is 21.1 Å². The molecule has 1 amide bonds. The van der Waals surface area contributed by atoms with Crippen molar-refractivity contribution in [1.29, 1.82) is 0 Å². The summed E-state index contributed by atoms with van der Waals surface area (Å²) in [5.41, 5.74) is 1.10. The van der Waals surface area contributed by atoms with Crippen LogP contribution in [0.5, 0.6) is 11.5 Å². The smallest absolute Gasteiger partial charge is 0.255 e. The van der Waals surface area contributed by atoms with Gasteiger partial charge in [-0.05, 0) is 50.2 Å². The van der Waals surface area contributed by atoms with Crippen LogP contribution in [-0.2, 0) is 0 Å². The normalized spacial score (nSPS) is 10.3. The molecule has 1 N–H and O–H groups in total. The molecule has 0 aliphatic carbocycles. The van der Waals surface area contributed by atoms with Crippen LogP contribution in [0.3, 0.4) is 0 Å². The lowest BCUT2D eigenvalue weighted by atomic mass is 10.1. The molecule has 0 fully saturated rings. The van der Waals surface area contributed by atoms with Crippen molar-refractivity contribution in [1.82, 2.24) is 0 Å². The molecule has 0 saturated heterocycles. The zero-order valence-corrected chi connectivity index (χ0v) is 15.2. The summed E-state index contributed by atoms with van der Waals surface area (Å²) in [6.07, 6.45) is 0. The first kappa shape index (κ1) is 17.6. The molecule has 4 nitrogen and oxygen atoms in total. The number of nitrogens with one attached hydrogen (secondary N) is 1. The third-order valence-electron chi connectivity index (χ3n) is 2.96. The SMILES string of the molecule is CCOc1cc(C(=O)Nc2ccc(Br)cc2)cc(Cl)c1OCC. The van der Waals surface area contributed by atoms with Gasteiger partial charge in [0.05, 0.1) is 18.2 Å². The molecule has 0 aliphatic rings. The summed E-state index contributed by atoms with van der Waals surface area (Å²) in [6, 6.07) is 10.5. The highest BCUT2D eigenvalue weighted by Gasteiger charge is 2.16. The number of carbonyl (C=O) groups excluding carboxylic acids is 1. The number of hydrogen-bond donors (Lipinski definition) is 1. The average Bonchev–Trinajstić information content (AvgIpc) is 2.53. The minimum Gasteiger partial charge on any atom is -0.490 e. The van der Waals surface area contributed by atoms with Crippen LogP contribution in [-0.4, -0.2) is 19.1 Å². The first-order valence-corrected chi connectivity index (χ1v) is 8.38. The van der Waals surface area contributed by atoms with Gasteiger partial charge in [0, 0.05) is 15.7 Å². The number of halogens is 2. The van der Waals surface area contributed by atoms with Crippen LogP contribution in [0, 0.1) is 0 Å². The highest BCUT2D eigenvalue weighted by molar-refractivity contribution is 9.10. The van der Waals surface area contributed by atoms with Crippen LogP contribution in [0.4, 0.5) is 5.69 Å². The summed E-state index contributed by atoms with van der Waals surface area (Å²) < 4.78 is 12.0. The minimum atomic E-state index is -0.266. The molecule has 0 heterocycles. The second kappa shape index (κ2) is 8.22. The minimum absolute atomic E-state index is 0.266. The summed E-state index contributed by atoms with van der Waals surface area (Å²) in [5.74, 6) is 0.650. The predicted molar refractivity (Wildman–Crippen MR) is 95.9 cm³/mol. The molecule has 0 unspecified atom stereocenters. The van der Waals surface area contributed by atoms with E-state index in [1.807, 2.05) is 38.1 Å². The topological polar surface area (TPSA) is 47.6 Å². The Bertz CT molecular complexity index is 689. The van der Waals surface area contributed by atoms with Gasteiger partial charge >= 0.3 is 0 Å². The van der Waals surface area contributed by atoms with Gasteiger partial charge < -0.3 is 14.8 Å². The fourth-order valence-corrected chi connectivity index (χ4v) is 2.51. The highest BCUT2D eigenvalue weighted by atomic mass is 79.9. The van der Waals surface area contributed by atoms with Gasteiger partial charge in [0.1, 0.15) is 0 Å². The van der Waals surface area contributed by atoms with Gasteiger partial charge in [0.2, 0.25) is 0 Å². The molecule has 0 atom stereocenters. The number of carbonyl (C=O) groups is 1. The van der Waals surface area contributed by atoms with Crippen LogP contribution in [0.15, 0.2) is 40.9 Å². The fraction of sp³-hybridized carbons (Fsp3) is 0.235. The van der Waals surface area contributed by atoms with Crippen molar-refractivity contribution in [2.45, 2.75) is 13.8 Å². The molecule has 23 heavy (non-hydrogen) atoms. The monoisotopic (exact) mass is 397 g/mol. The zero-order chi connectivity index (χ0) is 16.8. The van der Waals surface area contributed by atoms with Gasteiger partial charge in [0.25, 0.3) is 5.91 Å². The number of anilines is 1. The molecule has 0 bridgehead atoms. The van der Waals surface area contributed by atoms with Crippen molar-refractivity contribution >= 4 is 39.1 Å². The van der Waals surface area contributed by atoms with Crippen LogP contribution >= 0.6 is 27.5 Å². The highest BCUT2D eigenvalue weighted by Crippen LogP contribution is 2.36. The maximum absolute atomic E-state index is 12.4. The maximum Gasteiger partial charge on any atom is 0.255 e. The summed E-state index contributed by atoms with van der Waals surface area (Å²) in [4.78, 5) is 12.4. The lowest BCUT2D eigenvalue weighted by Gasteiger charge is -2.14. The van der Waals surface area contributed by atoms with Gasteiger partial charge in [0.15, 0.2) is 11.5 Å². The van der Waals surface area contributed by atoms with Gasteiger partial charge in [-0.15, -0.1) is 0 Å². The average molecular weight is 399 g/mol. The first-order chi connectivity index (χ1) is 11.0. The largest absolute Gasteiger partial charge is 0.490 e. The molecule has 6 heteroatoms. The standard InChI is InChI=1S/C17H17BrClNO3/c1-3-22-15-10-11(9-14(19)16(15)23-4-2)17(21)20-13-7-5-12(18)6-8-13/h5-10H,3-4H2,1-2H3,(H,20,21). The molecule has 0 aliphatic heterocycles. The van der Waals surface area contributed by atoms with E-state index in [2.05, 4.69) is 21.2 Å². The first-order valence-electron chi connectivity index (χ1n) is 7.21. The van der Waals surface area contributed by atoms with Crippen molar-refractivity contribution in [3.8, 4) is 11.5 Å². The Morgan fingerprint density at radius 1 is 1.13 bits per heavy atom. The Hall–Kier alpha value is -1.72. The summed E-state index contributed by atoms with van der Waals surface area (Å²) in [7, 11) is 0. The van der Waals surface area contributed by atoms with Crippen molar-refractivity contribution in [2.24, 2.45) is 0 Å². The Balaban J connectivity index is 2.27. The van der Waals surface area contributed by atoms with E-state index in [0.717, 1.165) is 4.47 Å². The van der Waals surface area contributed by atoms with Gasteiger partial charge in [-0.1, -0.05) is 27.5 Å². The van der Waals surface area contributed by atoms with E-state index < -0.39 is 0 Å². The number of rotatable bonds is 6. The summed E-state index contributed by atoms with van der Waals surface area (Å²) >= 11 is 9.58. The Morgan fingerprint density at radius 2 is 1.78 bits per heavy atom. The van der Waals surface area contributed by atoms with Gasteiger partial charge in [-0.2, -0.15) is 0 Å². The molecule has 0 spiro atoms. The van der Waals surface area contributed by atoms with Crippen LogP contribution in [0.1, 0.15) is 24.2 Å². The van der Waals surface area contributed by atoms with Gasteiger partial charge in [-0.25, -0.2) is 0 Å². The summed E-state index contributed by atoms with van der Waals surface area (Å²) in [5, 5.41) is 3.16. The van der Waals surface area contributed by atoms with Crippen LogP contribution in [0.25, 0.3) is 0 Å². The molecule has 0 saturated carbocycles. The fourth-order valence-electron chi connectivity index (χ4n) is 1.98. The van der Waals surface area contributed by atoms with E-state index in [1.54, 1.807) is 12.1 Å². The van der Waals surface area contributed by atoms with Crippen molar-refractivity contribution < 1.29 is 14.3 Å². The van der Waals surface area contributed by atoms with E-state index in [0.29, 0.717) is 41.0 Å². The van der Waals surface area contributed by atoms with E-state index in [-0.39, 0.29) is 5.91 Å². The van der Waals surface area contributed by atoms with Crippen molar-refractivity contribution in [2.75, 3.05) is 18.5 Å². The second-order valence-electron chi connectivity index (χ2n) is 4.61. The number of hydrogen-bond acceptors (Lipinski definition) is 3. The number of amides is 1. The second-order valence-corrected chi connectivity index (χ2v) is 5.94. The quantitative estimate of drug-likeness (QED) is 0.732. The molecule has 122 valence electrons. The molecule has 0 radical (unpaired) electrons. The molecular weight excluding hydrogens is 382 g/mol. The third-order valence-corrected chi connectivity index (χ3v) is 3.77. The molecule has 0 aromatic heterocycles. The molecule has 2 rings (SSSR count). The van der Waals surface area contributed by atoms with Crippen molar-refractivity contribution in [3.63, 3.8) is 0 Å². The Morgan fingerprint density at radius 3 is 2.39 bits per heavy atom. The molecular formula is C17H17BrClNO3. The molecule has 2 aromatic rings. The number of ether oxygens (including phenoxy) is 2. The van der Waals surface area contributed by atoms with Crippen LogP contribution < -0.4 is 14.8 Å². The van der Waals surface area contributed by atoms with E-state index in [1.165, 1.54) is 0 Å².